The summed E-state index contributed by atoms with van der Waals surface area (Å²) in [4.78, 5) is 22.2. The van der Waals surface area contributed by atoms with E-state index in [9.17, 15) is 24.9 Å². The van der Waals surface area contributed by atoms with Crippen molar-refractivity contribution in [2.24, 2.45) is 11.7 Å². The van der Waals surface area contributed by atoms with Crippen LogP contribution in [-0.2, 0) is 19.0 Å². The molecule has 1 amide bonds. The molecule has 5 N–H and O–H groups in total. The molecule has 1 unspecified atom stereocenters. The molecule has 1 fully saturated rings. The number of carbonyl (C=O) groups excluding carboxylic acids is 2. The predicted molar refractivity (Wildman–Crippen MR) is 77.2 cm³/mol. The van der Waals surface area contributed by atoms with E-state index in [4.69, 9.17) is 15.2 Å². The molecule has 0 aromatic rings. The van der Waals surface area contributed by atoms with E-state index in [1.165, 1.54) is 0 Å². The van der Waals surface area contributed by atoms with Gasteiger partial charge in [0.2, 0.25) is 0 Å². The summed E-state index contributed by atoms with van der Waals surface area (Å²) in [6, 6.07) is 0. The van der Waals surface area contributed by atoms with Crippen LogP contribution in [-0.4, -0.2) is 71.1 Å². The minimum Gasteiger partial charge on any atom is -0.447 e. The summed E-state index contributed by atoms with van der Waals surface area (Å²) < 4.78 is 14.8. The van der Waals surface area contributed by atoms with Gasteiger partial charge in [0.15, 0.2) is 12.1 Å². The van der Waals surface area contributed by atoms with Crippen molar-refractivity contribution in [3.63, 3.8) is 0 Å². The number of carbonyl (C=O) groups is 2. The van der Waals surface area contributed by atoms with Crippen molar-refractivity contribution in [1.29, 1.82) is 0 Å². The highest BCUT2D eigenvalue weighted by molar-refractivity contribution is 5.95. The molecule has 1 aliphatic rings. The zero-order valence-corrected chi connectivity index (χ0v) is 13.0. The van der Waals surface area contributed by atoms with Crippen molar-refractivity contribution in [2.75, 3.05) is 13.2 Å². The van der Waals surface area contributed by atoms with Crippen LogP contribution in [0.1, 0.15) is 13.8 Å². The van der Waals surface area contributed by atoms with E-state index in [0.29, 0.717) is 5.57 Å². The number of hydrogen-bond acceptors (Lipinski definition) is 8. The number of aliphatic hydroxyl groups is 3. The van der Waals surface area contributed by atoms with E-state index >= 15 is 0 Å². The van der Waals surface area contributed by atoms with Crippen LogP contribution in [0.4, 0.5) is 4.79 Å². The molecule has 0 saturated carbocycles. The fourth-order valence-corrected chi connectivity index (χ4v) is 2.15. The number of primary amides is 1. The molecular formula is C14H23NO8. The third-order valence-electron chi connectivity index (χ3n) is 3.46. The van der Waals surface area contributed by atoms with Gasteiger partial charge in [0.25, 0.3) is 0 Å². The standard InChI is InChI=1S/C14H23NO8/c1-6(2)9(16)7(3)4-21-12-11(18)10(17)8(23-13(12)19)5-22-14(15)20/h7-8,10-13,17-19H,1,4-5H2,2-3H3,(H2,15,20)/t7?,8-,10-,11+,12-,13+/m1/s1. The van der Waals surface area contributed by atoms with E-state index in [2.05, 4.69) is 11.3 Å². The number of nitrogens with two attached hydrogens (primary N) is 1. The van der Waals surface area contributed by atoms with Crippen LogP contribution in [0.5, 0.6) is 0 Å². The highest BCUT2D eigenvalue weighted by Crippen LogP contribution is 2.23. The van der Waals surface area contributed by atoms with Gasteiger partial charge in [-0.05, 0) is 12.5 Å². The Labute approximate surface area is 133 Å². The number of ether oxygens (including phenoxy) is 3. The average Bonchev–Trinajstić information content (AvgIpc) is 2.47. The molecule has 1 saturated heterocycles. The number of ketones is 1. The Balaban J connectivity index is 2.60. The van der Waals surface area contributed by atoms with Crippen LogP contribution >= 0.6 is 0 Å². The first-order valence-electron chi connectivity index (χ1n) is 7.08. The highest BCUT2D eigenvalue weighted by atomic mass is 16.7. The molecule has 1 rings (SSSR count). The summed E-state index contributed by atoms with van der Waals surface area (Å²) in [7, 11) is 0. The molecule has 132 valence electrons. The van der Waals surface area contributed by atoms with E-state index in [-0.39, 0.29) is 12.4 Å². The fourth-order valence-electron chi connectivity index (χ4n) is 2.15. The van der Waals surface area contributed by atoms with Crippen LogP contribution in [0.3, 0.4) is 0 Å². The van der Waals surface area contributed by atoms with Crippen LogP contribution in [0, 0.1) is 5.92 Å². The second-order valence-electron chi connectivity index (χ2n) is 5.52. The van der Waals surface area contributed by atoms with Crippen LogP contribution < -0.4 is 5.73 Å². The summed E-state index contributed by atoms with van der Waals surface area (Å²) >= 11 is 0. The number of rotatable bonds is 7. The smallest absolute Gasteiger partial charge is 0.404 e. The lowest BCUT2D eigenvalue weighted by atomic mass is 9.98. The number of Topliss-reactive ketones (excluding diaryl/α,β-unsaturated/α-hetero) is 1. The Morgan fingerprint density at radius 1 is 1.30 bits per heavy atom. The molecule has 0 aromatic carbocycles. The van der Waals surface area contributed by atoms with Gasteiger partial charge >= 0.3 is 6.09 Å². The van der Waals surface area contributed by atoms with E-state index < -0.39 is 49.3 Å². The summed E-state index contributed by atoms with van der Waals surface area (Å²) in [5.74, 6) is -0.737. The second-order valence-corrected chi connectivity index (χ2v) is 5.52. The number of hydrogen-bond donors (Lipinski definition) is 4. The maximum atomic E-state index is 11.7. The van der Waals surface area contributed by atoms with Gasteiger partial charge in [0.1, 0.15) is 31.0 Å². The van der Waals surface area contributed by atoms with Crippen molar-refractivity contribution >= 4 is 11.9 Å². The zero-order chi connectivity index (χ0) is 17.7. The Morgan fingerprint density at radius 3 is 2.43 bits per heavy atom. The molecule has 9 nitrogen and oxygen atoms in total. The molecule has 0 aliphatic carbocycles. The average molecular weight is 333 g/mol. The maximum Gasteiger partial charge on any atom is 0.404 e. The molecule has 0 aromatic heterocycles. The first-order valence-corrected chi connectivity index (χ1v) is 7.08. The molecule has 0 radical (unpaired) electrons. The number of amides is 1. The Morgan fingerprint density at radius 2 is 1.91 bits per heavy atom. The maximum absolute atomic E-state index is 11.7. The van der Waals surface area contributed by atoms with Crippen LogP contribution in [0.15, 0.2) is 12.2 Å². The van der Waals surface area contributed by atoms with Gasteiger partial charge in [0.05, 0.1) is 6.61 Å². The number of allylic oxidation sites excluding steroid dienone is 1. The molecule has 0 bridgehead atoms. The van der Waals surface area contributed by atoms with Crippen molar-refractivity contribution in [1.82, 2.24) is 0 Å². The quantitative estimate of drug-likeness (QED) is 0.420. The van der Waals surface area contributed by atoms with Crippen LogP contribution in [0.25, 0.3) is 0 Å². The highest BCUT2D eigenvalue weighted by Gasteiger charge is 2.45. The van der Waals surface area contributed by atoms with Crippen molar-refractivity contribution in [3.8, 4) is 0 Å². The first kappa shape index (κ1) is 19.5. The summed E-state index contributed by atoms with van der Waals surface area (Å²) in [6.07, 6.45) is -8.00. The van der Waals surface area contributed by atoms with E-state index in [1.807, 2.05) is 0 Å². The van der Waals surface area contributed by atoms with Gasteiger partial charge < -0.3 is 35.3 Å². The van der Waals surface area contributed by atoms with E-state index in [1.54, 1.807) is 13.8 Å². The Hall–Kier alpha value is -1.52. The Kier molecular flexibility index (Phi) is 7.10. The predicted octanol–water partition coefficient (Wildman–Crippen LogP) is -1.31. The van der Waals surface area contributed by atoms with Gasteiger partial charge in [-0.3, -0.25) is 4.79 Å². The van der Waals surface area contributed by atoms with Crippen molar-refractivity contribution in [2.45, 2.75) is 44.6 Å². The van der Waals surface area contributed by atoms with Gasteiger partial charge in [-0.1, -0.05) is 13.5 Å². The van der Waals surface area contributed by atoms with Gasteiger partial charge in [-0.15, -0.1) is 0 Å². The molecule has 1 heterocycles. The van der Waals surface area contributed by atoms with Gasteiger partial charge in [-0.25, -0.2) is 4.79 Å². The van der Waals surface area contributed by atoms with E-state index in [0.717, 1.165) is 0 Å². The fraction of sp³-hybridized carbons (Fsp3) is 0.714. The lowest BCUT2D eigenvalue weighted by molar-refractivity contribution is -0.297. The lowest BCUT2D eigenvalue weighted by Crippen LogP contribution is -2.59. The summed E-state index contributed by atoms with van der Waals surface area (Å²) in [5, 5.41) is 29.8. The third-order valence-corrected chi connectivity index (χ3v) is 3.46. The summed E-state index contributed by atoms with van der Waals surface area (Å²) in [6.45, 7) is 6.19. The molecule has 23 heavy (non-hydrogen) atoms. The second kappa shape index (κ2) is 8.37. The minimum atomic E-state index is -1.57. The van der Waals surface area contributed by atoms with Crippen molar-refractivity contribution < 1.29 is 39.1 Å². The third kappa shape index (κ3) is 5.26. The van der Waals surface area contributed by atoms with Crippen molar-refractivity contribution in [3.05, 3.63) is 12.2 Å². The molecular weight excluding hydrogens is 310 g/mol. The molecule has 1 aliphatic heterocycles. The SMILES string of the molecule is C=C(C)C(=O)C(C)CO[C@@H]1[C@@H](O)[C@H](O)[C@@H](COC(N)=O)O[C@@H]1O. The van der Waals surface area contributed by atoms with Gasteiger partial charge in [-0.2, -0.15) is 0 Å². The zero-order valence-electron chi connectivity index (χ0n) is 13.0. The largest absolute Gasteiger partial charge is 0.447 e. The monoisotopic (exact) mass is 333 g/mol. The normalized spacial score (nSPS) is 32.1. The van der Waals surface area contributed by atoms with Gasteiger partial charge in [0, 0.05) is 5.92 Å². The topological polar surface area (TPSA) is 149 Å². The lowest BCUT2D eigenvalue weighted by Gasteiger charge is -2.40. The minimum absolute atomic E-state index is 0.0942. The van der Waals surface area contributed by atoms with Crippen LogP contribution in [0.2, 0.25) is 0 Å². The molecule has 6 atom stereocenters. The Bertz CT molecular complexity index is 454. The first-order chi connectivity index (χ1) is 10.6. The molecule has 0 spiro atoms. The molecule has 9 heteroatoms. The number of aliphatic hydroxyl groups excluding tert-OH is 3. The summed E-state index contributed by atoms with van der Waals surface area (Å²) in [5.41, 5.74) is 5.16.